The third-order valence-electron chi connectivity index (χ3n) is 10.5. The molecule has 4 heterocycles. The Bertz CT molecular complexity index is 1430. The second kappa shape index (κ2) is 12.5. The Kier molecular flexibility index (Phi) is 9.35. The highest BCUT2D eigenvalue weighted by molar-refractivity contribution is 5.42. The Morgan fingerprint density at radius 3 is 1.57 bits per heavy atom. The van der Waals surface area contributed by atoms with Gasteiger partial charge in [0.25, 0.3) is 0 Å². The van der Waals surface area contributed by atoms with Crippen LogP contribution in [0.5, 0.6) is 0 Å². The molecule has 4 unspecified atom stereocenters. The highest BCUT2D eigenvalue weighted by Crippen LogP contribution is 2.43. The molecule has 0 spiro atoms. The van der Waals surface area contributed by atoms with E-state index in [0.717, 1.165) is 62.8 Å². The molecule has 226 valence electrons. The second-order valence-electron chi connectivity index (χ2n) is 13.4. The monoisotopic (exact) mass is 566 g/mol. The SMILES string of the molecule is C=CCCC1(C)/C(N)=C/C=C/C(C)(CC)c2ccc([nH]2)C(C)(CCC=C)c2ccc([nH]2)C(C)(CCCC)c2ccc1[nH]2. The molecule has 6 bridgehead atoms. The van der Waals surface area contributed by atoms with E-state index in [-0.39, 0.29) is 21.7 Å². The summed E-state index contributed by atoms with van der Waals surface area (Å²) >= 11 is 0. The average molecular weight is 567 g/mol. The lowest BCUT2D eigenvalue weighted by Gasteiger charge is -2.32. The molecule has 1 aliphatic rings. The number of allylic oxidation sites excluding steroid dienone is 6. The van der Waals surface area contributed by atoms with Crippen LogP contribution in [0, 0.1) is 0 Å². The van der Waals surface area contributed by atoms with Crippen LogP contribution in [0.2, 0.25) is 0 Å². The summed E-state index contributed by atoms with van der Waals surface area (Å²) in [6.07, 6.45) is 18.6. The predicted octanol–water partition coefficient (Wildman–Crippen LogP) is 9.74. The largest absolute Gasteiger partial charge is 0.401 e. The van der Waals surface area contributed by atoms with Gasteiger partial charge in [0.15, 0.2) is 0 Å². The lowest BCUT2D eigenvalue weighted by atomic mass is 9.78. The topological polar surface area (TPSA) is 73.4 Å². The maximum atomic E-state index is 6.96. The highest BCUT2D eigenvalue weighted by atomic mass is 14.9. The number of rotatable bonds is 10. The van der Waals surface area contributed by atoms with Crippen molar-refractivity contribution in [1.82, 2.24) is 15.0 Å². The molecule has 0 aliphatic carbocycles. The average Bonchev–Trinajstić information content (AvgIpc) is 3.78. The van der Waals surface area contributed by atoms with Crippen LogP contribution in [-0.2, 0) is 21.7 Å². The van der Waals surface area contributed by atoms with E-state index < -0.39 is 0 Å². The van der Waals surface area contributed by atoms with Crippen LogP contribution in [-0.4, -0.2) is 15.0 Å². The molecule has 0 amide bonds. The van der Waals surface area contributed by atoms with E-state index in [1.165, 1.54) is 28.5 Å². The van der Waals surface area contributed by atoms with E-state index in [0.29, 0.717) is 0 Å². The zero-order chi connectivity index (χ0) is 30.6. The van der Waals surface area contributed by atoms with Crippen LogP contribution in [0.25, 0.3) is 0 Å². The first kappa shape index (κ1) is 31.5. The predicted molar refractivity (Wildman–Crippen MR) is 180 cm³/mol. The normalized spacial score (nSPS) is 29.8. The summed E-state index contributed by atoms with van der Waals surface area (Å²) in [5.41, 5.74) is 14.2. The summed E-state index contributed by atoms with van der Waals surface area (Å²) < 4.78 is 0. The minimum absolute atomic E-state index is 0.154. The van der Waals surface area contributed by atoms with E-state index in [9.17, 15) is 0 Å². The Hall–Kier alpha value is -3.40. The Morgan fingerprint density at radius 2 is 1.10 bits per heavy atom. The number of aromatic amines is 3. The van der Waals surface area contributed by atoms with Gasteiger partial charge in [0, 0.05) is 61.5 Å². The van der Waals surface area contributed by atoms with Crippen LogP contribution >= 0.6 is 0 Å². The summed E-state index contributed by atoms with van der Waals surface area (Å²) in [4.78, 5) is 11.7. The van der Waals surface area contributed by atoms with Crippen molar-refractivity contribution >= 4 is 0 Å². The number of hydrogen-bond donors (Lipinski definition) is 4. The van der Waals surface area contributed by atoms with Crippen molar-refractivity contribution in [3.8, 4) is 0 Å². The maximum Gasteiger partial charge on any atom is 0.0478 e. The van der Waals surface area contributed by atoms with Crippen molar-refractivity contribution in [2.24, 2.45) is 5.73 Å². The van der Waals surface area contributed by atoms with E-state index in [1.807, 2.05) is 12.2 Å². The van der Waals surface area contributed by atoms with Gasteiger partial charge in [0.1, 0.15) is 0 Å². The van der Waals surface area contributed by atoms with Crippen molar-refractivity contribution in [3.05, 3.63) is 120 Å². The van der Waals surface area contributed by atoms with Gasteiger partial charge >= 0.3 is 0 Å². The minimum atomic E-state index is -0.344. The van der Waals surface area contributed by atoms with Crippen LogP contribution in [0.15, 0.2) is 85.6 Å². The van der Waals surface area contributed by atoms with Crippen LogP contribution in [0.4, 0.5) is 0 Å². The first-order valence-electron chi connectivity index (χ1n) is 16.0. The summed E-state index contributed by atoms with van der Waals surface area (Å²) in [5, 5.41) is 0. The molecule has 0 saturated carbocycles. The van der Waals surface area contributed by atoms with Crippen molar-refractivity contribution < 1.29 is 0 Å². The fraction of sp³-hybridized carbons (Fsp3) is 0.474. The fourth-order valence-electron chi connectivity index (χ4n) is 6.65. The molecule has 3 aromatic rings. The molecular weight excluding hydrogens is 512 g/mol. The number of nitrogens with one attached hydrogen (secondary N) is 3. The summed E-state index contributed by atoms with van der Waals surface area (Å²) in [6, 6.07) is 13.7. The molecule has 4 nitrogen and oxygen atoms in total. The van der Waals surface area contributed by atoms with Gasteiger partial charge < -0.3 is 20.7 Å². The van der Waals surface area contributed by atoms with Crippen molar-refractivity contribution in [3.63, 3.8) is 0 Å². The molecule has 0 fully saturated rings. The first-order chi connectivity index (χ1) is 20.0. The lowest BCUT2D eigenvalue weighted by Crippen LogP contribution is -2.31. The summed E-state index contributed by atoms with van der Waals surface area (Å²) in [7, 11) is 0. The summed E-state index contributed by atoms with van der Waals surface area (Å²) in [6.45, 7) is 21.9. The third kappa shape index (κ3) is 5.65. The zero-order valence-corrected chi connectivity index (χ0v) is 27.0. The number of nitrogens with two attached hydrogens (primary N) is 1. The van der Waals surface area contributed by atoms with Gasteiger partial charge in [0.2, 0.25) is 0 Å². The molecule has 0 saturated heterocycles. The maximum absolute atomic E-state index is 6.96. The Morgan fingerprint density at radius 1 is 0.667 bits per heavy atom. The lowest BCUT2D eigenvalue weighted by molar-refractivity contribution is 0.453. The van der Waals surface area contributed by atoms with E-state index in [2.05, 4.69) is 124 Å². The van der Waals surface area contributed by atoms with Crippen LogP contribution < -0.4 is 5.73 Å². The van der Waals surface area contributed by atoms with Gasteiger partial charge in [-0.05, 0) is 102 Å². The molecule has 1 aliphatic heterocycles. The van der Waals surface area contributed by atoms with E-state index in [4.69, 9.17) is 5.73 Å². The Labute approximate surface area is 254 Å². The molecular formula is C38H54N4. The number of unbranched alkanes of at least 4 members (excludes halogenated alkanes) is 1. The van der Waals surface area contributed by atoms with Gasteiger partial charge in [-0.3, -0.25) is 0 Å². The van der Waals surface area contributed by atoms with E-state index in [1.54, 1.807) is 0 Å². The highest BCUT2D eigenvalue weighted by Gasteiger charge is 2.38. The molecule has 0 radical (unpaired) electrons. The zero-order valence-electron chi connectivity index (χ0n) is 27.0. The van der Waals surface area contributed by atoms with Crippen LogP contribution in [0.3, 0.4) is 0 Å². The van der Waals surface area contributed by atoms with Gasteiger partial charge in [-0.2, -0.15) is 0 Å². The number of fused-ring (bicyclic) bond motifs is 6. The van der Waals surface area contributed by atoms with Crippen LogP contribution in [0.1, 0.15) is 127 Å². The standard InChI is InChI=1S/C38H54N4/c1-9-13-25-36(6)28(39)17-16-24-35(5,12-4)29-18-19-31(40-29)37(7,26-14-10-2)33-22-23-34(42-33)38(8,27-15-11-3)32-21-20-30(36)41-32/h9-10,16-24,40-42H,1-2,11-15,25-27,39H2,3-8H3/b24-16+,28-17-. The van der Waals surface area contributed by atoms with E-state index >= 15 is 0 Å². The van der Waals surface area contributed by atoms with Gasteiger partial charge in [-0.25, -0.2) is 0 Å². The molecule has 4 heteroatoms. The minimum Gasteiger partial charge on any atom is -0.401 e. The van der Waals surface area contributed by atoms with Gasteiger partial charge in [-0.15, -0.1) is 13.2 Å². The van der Waals surface area contributed by atoms with Crippen molar-refractivity contribution in [2.75, 3.05) is 0 Å². The quantitative estimate of drug-likeness (QED) is 0.181. The third-order valence-corrected chi connectivity index (χ3v) is 10.5. The van der Waals surface area contributed by atoms with Crippen molar-refractivity contribution in [1.29, 1.82) is 0 Å². The molecule has 0 aromatic carbocycles. The Balaban J connectivity index is 1.99. The fourth-order valence-corrected chi connectivity index (χ4v) is 6.65. The number of aromatic nitrogens is 3. The molecule has 4 atom stereocenters. The van der Waals surface area contributed by atoms with Crippen molar-refractivity contribution in [2.45, 2.75) is 115 Å². The first-order valence-corrected chi connectivity index (χ1v) is 16.0. The molecule has 4 rings (SSSR count). The summed E-state index contributed by atoms with van der Waals surface area (Å²) in [5.74, 6) is 0. The smallest absolute Gasteiger partial charge is 0.0478 e. The van der Waals surface area contributed by atoms with Gasteiger partial charge in [0.05, 0.1) is 0 Å². The molecule has 3 aromatic heterocycles. The molecule has 42 heavy (non-hydrogen) atoms. The molecule has 5 N–H and O–H groups in total. The second-order valence-corrected chi connectivity index (χ2v) is 13.4. The number of H-pyrrole nitrogens is 3. The number of hydrogen-bond acceptors (Lipinski definition) is 1. The van der Waals surface area contributed by atoms with Gasteiger partial charge in [-0.1, -0.05) is 57.9 Å².